The second-order valence-electron chi connectivity index (χ2n) is 5.07. The zero-order valence-electron chi connectivity index (χ0n) is 11.5. The molecule has 102 valence electrons. The highest BCUT2D eigenvalue weighted by atomic mass is 19.1. The number of aliphatic hydroxyl groups is 1. The number of hydrogen-bond acceptors (Lipinski definition) is 3. The lowest BCUT2D eigenvalue weighted by molar-refractivity contribution is 0.0351. The molecular weight excluding hydrogens is 233 g/mol. The van der Waals surface area contributed by atoms with Crippen molar-refractivity contribution in [1.82, 2.24) is 4.90 Å². The van der Waals surface area contributed by atoms with Gasteiger partial charge in [-0.2, -0.15) is 0 Å². The summed E-state index contributed by atoms with van der Waals surface area (Å²) >= 11 is 0. The summed E-state index contributed by atoms with van der Waals surface area (Å²) < 4.78 is 18.5. The lowest BCUT2D eigenvalue weighted by atomic mass is 10.1. The van der Waals surface area contributed by atoms with Crippen LogP contribution >= 0.6 is 0 Å². The zero-order chi connectivity index (χ0) is 13.8. The van der Waals surface area contributed by atoms with Crippen molar-refractivity contribution in [1.29, 1.82) is 0 Å². The molecule has 1 aromatic rings. The van der Waals surface area contributed by atoms with Crippen LogP contribution in [0.5, 0.6) is 5.75 Å². The van der Waals surface area contributed by atoms with E-state index in [9.17, 15) is 9.50 Å². The largest absolute Gasteiger partial charge is 0.496 e. The van der Waals surface area contributed by atoms with Crippen molar-refractivity contribution in [2.24, 2.45) is 0 Å². The summed E-state index contributed by atoms with van der Waals surface area (Å²) in [6.07, 6.45) is 0. The van der Waals surface area contributed by atoms with E-state index in [-0.39, 0.29) is 5.82 Å². The summed E-state index contributed by atoms with van der Waals surface area (Å²) in [5.41, 5.74) is 0.0277. The predicted molar refractivity (Wildman–Crippen MR) is 70.2 cm³/mol. The maximum absolute atomic E-state index is 13.3. The van der Waals surface area contributed by atoms with Gasteiger partial charge in [0.25, 0.3) is 0 Å². The van der Waals surface area contributed by atoms with Gasteiger partial charge in [0.05, 0.1) is 12.7 Å². The Labute approximate surface area is 108 Å². The van der Waals surface area contributed by atoms with Crippen LogP contribution in [0.1, 0.15) is 26.3 Å². The Morgan fingerprint density at radius 3 is 2.56 bits per heavy atom. The molecule has 0 unspecified atom stereocenters. The van der Waals surface area contributed by atoms with E-state index < -0.39 is 5.60 Å². The average Bonchev–Trinajstić information content (AvgIpc) is 2.26. The standard InChI is InChI=1S/C14H22FNO2/c1-5-16(10-14(2,3)17)9-11-8-12(15)6-7-13(11)18-4/h6-8,17H,5,9-10H2,1-4H3. The Bertz CT molecular complexity index is 388. The smallest absolute Gasteiger partial charge is 0.123 e. The summed E-state index contributed by atoms with van der Waals surface area (Å²) in [6.45, 7) is 7.41. The van der Waals surface area contributed by atoms with Crippen molar-refractivity contribution in [3.63, 3.8) is 0 Å². The number of halogens is 1. The Hall–Kier alpha value is -1.13. The van der Waals surface area contributed by atoms with Gasteiger partial charge in [-0.15, -0.1) is 0 Å². The fourth-order valence-electron chi connectivity index (χ4n) is 1.94. The molecule has 0 spiro atoms. The Morgan fingerprint density at radius 1 is 1.39 bits per heavy atom. The van der Waals surface area contributed by atoms with Gasteiger partial charge in [0.1, 0.15) is 11.6 Å². The number of nitrogens with zero attached hydrogens (tertiary/aromatic N) is 1. The maximum atomic E-state index is 13.3. The fraction of sp³-hybridized carbons (Fsp3) is 0.571. The molecule has 0 aliphatic heterocycles. The van der Waals surface area contributed by atoms with Crippen molar-refractivity contribution in [3.8, 4) is 5.75 Å². The third-order valence-corrected chi connectivity index (χ3v) is 2.69. The van der Waals surface area contributed by atoms with Crippen molar-refractivity contribution < 1.29 is 14.2 Å². The van der Waals surface area contributed by atoms with E-state index in [0.717, 1.165) is 12.1 Å². The first kappa shape index (κ1) is 14.9. The molecule has 0 aromatic heterocycles. The molecule has 3 nitrogen and oxygen atoms in total. The molecule has 18 heavy (non-hydrogen) atoms. The van der Waals surface area contributed by atoms with Crippen LogP contribution in [0.2, 0.25) is 0 Å². The van der Waals surface area contributed by atoms with Crippen molar-refractivity contribution in [2.45, 2.75) is 32.9 Å². The second kappa shape index (κ2) is 6.16. The van der Waals surface area contributed by atoms with Crippen LogP contribution in [-0.4, -0.2) is 35.8 Å². The summed E-state index contributed by atoms with van der Waals surface area (Å²) in [5, 5.41) is 9.83. The van der Waals surface area contributed by atoms with E-state index in [1.807, 2.05) is 6.92 Å². The van der Waals surface area contributed by atoms with Gasteiger partial charge in [0.15, 0.2) is 0 Å². The topological polar surface area (TPSA) is 32.7 Å². The van der Waals surface area contributed by atoms with E-state index in [4.69, 9.17) is 4.74 Å². The molecule has 1 rings (SSSR count). The molecule has 0 heterocycles. The van der Waals surface area contributed by atoms with Gasteiger partial charge in [-0.25, -0.2) is 4.39 Å². The number of likely N-dealkylation sites (N-methyl/N-ethyl adjacent to an activating group) is 1. The van der Waals surface area contributed by atoms with Crippen LogP contribution < -0.4 is 4.74 Å². The number of ether oxygens (including phenoxy) is 1. The Kier molecular flexibility index (Phi) is 5.11. The SMILES string of the molecule is CCN(Cc1cc(F)ccc1OC)CC(C)(C)O. The van der Waals surface area contributed by atoms with Crippen molar-refractivity contribution >= 4 is 0 Å². The molecule has 0 aliphatic rings. The number of benzene rings is 1. The van der Waals surface area contributed by atoms with E-state index in [1.165, 1.54) is 12.1 Å². The molecule has 0 aliphatic carbocycles. The number of methoxy groups -OCH3 is 1. The molecule has 0 bridgehead atoms. The van der Waals surface area contributed by atoms with Gasteiger partial charge in [-0.1, -0.05) is 6.92 Å². The molecule has 0 saturated carbocycles. The fourth-order valence-corrected chi connectivity index (χ4v) is 1.94. The monoisotopic (exact) mass is 255 g/mol. The minimum Gasteiger partial charge on any atom is -0.496 e. The third kappa shape index (κ3) is 4.63. The first-order chi connectivity index (χ1) is 8.35. The maximum Gasteiger partial charge on any atom is 0.123 e. The second-order valence-corrected chi connectivity index (χ2v) is 5.07. The molecule has 0 fully saturated rings. The van der Waals surface area contributed by atoms with E-state index in [1.54, 1.807) is 27.0 Å². The summed E-state index contributed by atoms with van der Waals surface area (Å²) in [6, 6.07) is 4.49. The highest BCUT2D eigenvalue weighted by molar-refractivity contribution is 5.33. The lowest BCUT2D eigenvalue weighted by Gasteiger charge is -2.28. The zero-order valence-corrected chi connectivity index (χ0v) is 11.5. The third-order valence-electron chi connectivity index (χ3n) is 2.69. The highest BCUT2D eigenvalue weighted by Crippen LogP contribution is 2.21. The minimum absolute atomic E-state index is 0.273. The van der Waals surface area contributed by atoms with Crippen molar-refractivity contribution in [2.75, 3.05) is 20.2 Å². The van der Waals surface area contributed by atoms with Gasteiger partial charge in [0, 0.05) is 18.7 Å². The quantitative estimate of drug-likeness (QED) is 0.847. The minimum atomic E-state index is -0.767. The Balaban J connectivity index is 2.84. The molecule has 4 heteroatoms. The summed E-state index contributed by atoms with van der Waals surface area (Å²) in [7, 11) is 1.57. The molecular formula is C14H22FNO2. The van der Waals surface area contributed by atoms with Crippen LogP contribution in [-0.2, 0) is 6.54 Å². The highest BCUT2D eigenvalue weighted by Gasteiger charge is 2.18. The van der Waals surface area contributed by atoms with Crippen molar-refractivity contribution in [3.05, 3.63) is 29.6 Å². The normalized spacial score (nSPS) is 11.9. The van der Waals surface area contributed by atoms with E-state index in [0.29, 0.717) is 18.8 Å². The van der Waals surface area contributed by atoms with Gasteiger partial charge in [-0.05, 0) is 38.6 Å². The number of hydrogen-bond donors (Lipinski definition) is 1. The van der Waals surface area contributed by atoms with Crippen LogP contribution in [0.25, 0.3) is 0 Å². The first-order valence-electron chi connectivity index (χ1n) is 6.13. The molecule has 1 aromatic carbocycles. The van der Waals surface area contributed by atoms with Gasteiger partial charge in [-0.3, -0.25) is 4.90 Å². The molecule has 0 saturated heterocycles. The molecule has 0 radical (unpaired) electrons. The van der Waals surface area contributed by atoms with Crippen LogP contribution in [0.15, 0.2) is 18.2 Å². The molecule has 0 atom stereocenters. The molecule has 1 N–H and O–H groups in total. The van der Waals surface area contributed by atoms with E-state index in [2.05, 4.69) is 4.90 Å². The van der Waals surface area contributed by atoms with Crippen LogP contribution in [0.4, 0.5) is 4.39 Å². The Morgan fingerprint density at radius 2 is 2.06 bits per heavy atom. The van der Waals surface area contributed by atoms with Gasteiger partial charge < -0.3 is 9.84 Å². The molecule has 0 amide bonds. The number of rotatable bonds is 6. The van der Waals surface area contributed by atoms with Crippen LogP contribution in [0.3, 0.4) is 0 Å². The summed E-state index contributed by atoms with van der Waals surface area (Å²) in [5.74, 6) is 0.399. The predicted octanol–water partition coefficient (Wildman–Crippen LogP) is 2.43. The average molecular weight is 255 g/mol. The van der Waals surface area contributed by atoms with Gasteiger partial charge in [0.2, 0.25) is 0 Å². The van der Waals surface area contributed by atoms with Gasteiger partial charge >= 0.3 is 0 Å². The first-order valence-corrected chi connectivity index (χ1v) is 6.13. The van der Waals surface area contributed by atoms with E-state index >= 15 is 0 Å². The van der Waals surface area contributed by atoms with Crippen LogP contribution in [0, 0.1) is 5.82 Å². The summed E-state index contributed by atoms with van der Waals surface area (Å²) in [4.78, 5) is 2.05. The lowest BCUT2D eigenvalue weighted by Crippen LogP contribution is -2.38.